The maximum absolute atomic E-state index is 13.4. The van der Waals surface area contributed by atoms with Crippen LogP contribution in [0.25, 0.3) is 0 Å². The summed E-state index contributed by atoms with van der Waals surface area (Å²) in [6, 6.07) is 11.6. The molecule has 0 unspecified atom stereocenters. The van der Waals surface area contributed by atoms with Gasteiger partial charge >= 0.3 is 0 Å². The molecule has 0 aromatic heterocycles. The zero-order valence-electron chi connectivity index (χ0n) is 16.6. The zero-order valence-corrected chi connectivity index (χ0v) is 16.6. The van der Waals surface area contributed by atoms with Crippen molar-refractivity contribution >= 4 is 17.5 Å². The molecular weight excluding hydrogens is 389 g/mol. The number of hydrogen-bond donors (Lipinski definition) is 1. The number of anilines is 1. The van der Waals surface area contributed by atoms with Crippen LogP contribution in [0.2, 0.25) is 0 Å². The lowest BCUT2D eigenvalue weighted by molar-refractivity contribution is -0.120. The van der Waals surface area contributed by atoms with E-state index in [0.29, 0.717) is 63.0 Å². The van der Waals surface area contributed by atoms with Crippen LogP contribution >= 0.6 is 0 Å². The van der Waals surface area contributed by atoms with Crippen LogP contribution < -0.4 is 15.0 Å². The summed E-state index contributed by atoms with van der Waals surface area (Å²) in [5, 5.41) is 2.89. The molecule has 30 heavy (non-hydrogen) atoms. The number of benzene rings is 2. The Labute approximate surface area is 174 Å². The number of hydrogen-bond acceptors (Lipinski definition) is 5. The van der Waals surface area contributed by atoms with Gasteiger partial charge in [-0.05, 0) is 29.8 Å². The third kappa shape index (κ3) is 4.71. The molecule has 2 aromatic rings. The molecule has 2 heterocycles. The quantitative estimate of drug-likeness (QED) is 0.810. The Bertz CT molecular complexity index is 913. The highest BCUT2D eigenvalue weighted by Gasteiger charge is 2.21. The highest BCUT2D eigenvalue weighted by atomic mass is 19.1. The van der Waals surface area contributed by atoms with Crippen molar-refractivity contribution in [3.8, 4) is 5.75 Å². The van der Waals surface area contributed by atoms with Crippen LogP contribution in [0.1, 0.15) is 15.9 Å². The van der Waals surface area contributed by atoms with Crippen LogP contribution in [0.15, 0.2) is 42.5 Å². The molecule has 158 valence electrons. The second-order valence-corrected chi connectivity index (χ2v) is 7.26. The summed E-state index contributed by atoms with van der Waals surface area (Å²) in [6.45, 7) is 3.84. The topological polar surface area (TPSA) is 71.1 Å². The summed E-state index contributed by atoms with van der Waals surface area (Å²) in [5.41, 5.74) is 2.25. The van der Waals surface area contributed by atoms with E-state index in [1.807, 2.05) is 17.0 Å². The first-order valence-electron chi connectivity index (χ1n) is 10.00. The molecule has 0 atom stereocenters. The van der Waals surface area contributed by atoms with E-state index in [-0.39, 0.29) is 24.2 Å². The van der Waals surface area contributed by atoms with Crippen LogP contribution in [0.3, 0.4) is 0 Å². The summed E-state index contributed by atoms with van der Waals surface area (Å²) >= 11 is 0. The second-order valence-electron chi connectivity index (χ2n) is 7.26. The van der Waals surface area contributed by atoms with Crippen molar-refractivity contribution < 1.29 is 23.5 Å². The van der Waals surface area contributed by atoms with Gasteiger partial charge in [-0.25, -0.2) is 4.39 Å². The van der Waals surface area contributed by atoms with E-state index in [9.17, 15) is 14.0 Å². The third-order valence-electron chi connectivity index (χ3n) is 5.20. The Hall–Kier alpha value is -3.13. The summed E-state index contributed by atoms with van der Waals surface area (Å²) in [5.74, 6) is -0.0536. The maximum Gasteiger partial charge on any atom is 0.254 e. The molecule has 2 aliphatic heterocycles. The first-order valence-corrected chi connectivity index (χ1v) is 10.00. The monoisotopic (exact) mass is 413 g/mol. The Morgan fingerprint density at radius 2 is 1.77 bits per heavy atom. The number of fused-ring (bicyclic) bond motifs is 1. The Kier molecular flexibility index (Phi) is 6.13. The maximum atomic E-state index is 13.4. The number of carbonyl (C=O) groups excluding carboxylic acids is 2. The van der Waals surface area contributed by atoms with Gasteiger partial charge in [-0.1, -0.05) is 12.1 Å². The van der Waals surface area contributed by atoms with Gasteiger partial charge in [-0.2, -0.15) is 0 Å². The number of rotatable bonds is 5. The number of ether oxygens (including phenoxy) is 2. The van der Waals surface area contributed by atoms with Gasteiger partial charge in [0.05, 0.1) is 32.0 Å². The Morgan fingerprint density at radius 3 is 2.53 bits per heavy atom. The third-order valence-corrected chi connectivity index (χ3v) is 5.20. The minimum atomic E-state index is -0.365. The molecule has 2 aromatic carbocycles. The molecule has 0 spiro atoms. The number of nitrogens with one attached hydrogen (secondary N) is 1. The van der Waals surface area contributed by atoms with Crippen LogP contribution in [0.5, 0.6) is 5.75 Å². The first kappa shape index (κ1) is 20.2. The zero-order chi connectivity index (χ0) is 20.9. The van der Waals surface area contributed by atoms with Crippen molar-refractivity contribution in [2.45, 2.75) is 6.54 Å². The van der Waals surface area contributed by atoms with Crippen molar-refractivity contribution in [2.24, 2.45) is 0 Å². The predicted octanol–water partition coefficient (Wildman–Crippen LogP) is 1.81. The van der Waals surface area contributed by atoms with E-state index in [1.165, 1.54) is 12.1 Å². The molecule has 4 rings (SSSR count). The second kappa shape index (κ2) is 9.13. The molecule has 2 amide bonds. The average molecular weight is 413 g/mol. The van der Waals surface area contributed by atoms with E-state index < -0.39 is 0 Å². The van der Waals surface area contributed by atoms with Gasteiger partial charge in [0.25, 0.3) is 5.91 Å². The fraction of sp³-hybridized carbons (Fsp3) is 0.364. The number of nitrogens with zero attached hydrogens (tertiary/aromatic N) is 2. The molecule has 0 radical (unpaired) electrons. The van der Waals surface area contributed by atoms with Gasteiger partial charge in [0, 0.05) is 31.3 Å². The minimum absolute atomic E-state index is 0.00342. The van der Waals surface area contributed by atoms with Gasteiger partial charge in [-0.3, -0.25) is 9.59 Å². The molecule has 8 heteroatoms. The van der Waals surface area contributed by atoms with E-state index in [0.717, 1.165) is 5.56 Å². The fourth-order valence-corrected chi connectivity index (χ4v) is 3.56. The number of halogens is 1. The summed E-state index contributed by atoms with van der Waals surface area (Å²) in [4.78, 5) is 28.5. The van der Waals surface area contributed by atoms with Crippen molar-refractivity contribution in [2.75, 3.05) is 50.9 Å². The number of carbonyl (C=O) groups is 2. The molecule has 2 aliphatic rings. The van der Waals surface area contributed by atoms with Crippen LogP contribution in [0.4, 0.5) is 10.1 Å². The first-order chi connectivity index (χ1) is 14.6. The van der Waals surface area contributed by atoms with Crippen LogP contribution in [0, 0.1) is 5.82 Å². The number of amides is 2. The molecule has 0 aliphatic carbocycles. The lowest BCUT2D eigenvalue weighted by Crippen LogP contribution is -2.41. The lowest BCUT2D eigenvalue weighted by atomic mass is 10.1. The van der Waals surface area contributed by atoms with Crippen molar-refractivity contribution in [1.82, 2.24) is 10.2 Å². The standard InChI is InChI=1S/C22H24FN3O4/c23-18-5-6-19-20(13-18)30-12-9-26(19)15-21(27)24-14-16-1-3-17(4-2-16)22(28)25-7-10-29-11-8-25/h1-6,13H,7-12,14-15H2,(H,24,27). The highest BCUT2D eigenvalue weighted by Crippen LogP contribution is 2.31. The molecule has 1 fully saturated rings. The SMILES string of the molecule is O=C(CN1CCOc2cc(F)ccc21)NCc1ccc(C(=O)N2CCOCC2)cc1. The average Bonchev–Trinajstić information content (AvgIpc) is 2.78. The fourth-order valence-electron chi connectivity index (χ4n) is 3.56. The Morgan fingerprint density at radius 1 is 1.00 bits per heavy atom. The van der Waals surface area contributed by atoms with Crippen molar-refractivity contribution in [1.29, 1.82) is 0 Å². The predicted molar refractivity (Wildman–Crippen MR) is 109 cm³/mol. The van der Waals surface area contributed by atoms with Gasteiger partial charge in [0.1, 0.15) is 18.2 Å². The van der Waals surface area contributed by atoms with Gasteiger partial charge in [-0.15, -0.1) is 0 Å². The van der Waals surface area contributed by atoms with Crippen LogP contribution in [-0.2, 0) is 16.1 Å². The van der Waals surface area contributed by atoms with E-state index >= 15 is 0 Å². The summed E-state index contributed by atoms with van der Waals surface area (Å²) < 4.78 is 24.1. The van der Waals surface area contributed by atoms with Crippen molar-refractivity contribution in [3.05, 3.63) is 59.4 Å². The van der Waals surface area contributed by atoms with E-state index in [1.54, 1.807) is 23.1 Å². The molecular formula is C22H24FN3O4. The smallest absolute Gasteiger partial charge is 0.254 e. The molecule has 7 nitrogen and oxygen atoms in total. The molecule has 1 N–H and O–H groups in total. The minimum Gasteiger partial charge on any atom is -0.489 e. The van der Waals surface area contributed by atoms with E-state index in [2.05, 4.69) is 5.32 Å². The molecule has 0 bridgehead atoms. The lowest BCUT2D eigenvalue weighted by Gasteiger charge is -2.30. The molecule has 0 saturated carbocycles. The van der Waals surface area contributed by atoms with Gasteiger partial charge in [0.2, 0.25) is 5.91 Å². The normalized spacial score (nSPS) is 15.9. The van der Waals surface area contributed by atoms with E-state index in [4.69, 9.17) is 9.47 Å². The summed E-state index contributed by atoms with van der Waals surface area (Å²) in [6.07, 6.45) is 0. The van der Waals surface area contributed by atoms with Crippen molar-refractivity contribution in [3.63, 3.8) is 0 Å². The Balaban J connectivity index is 1.30. The largest absolute Gasteiger partial charge is 0.489 e. The number of morpholine rings is 1. The van der Waals surface area contributed by atoms with Gasteiger partial charge < -0.3 is 24.6 Å². The molecule has 1 saturated heterocycles. The highest BCUT2D eigenvalue weighted by molar-refractivity contribution is 5.94. The van der Waals surface area contributed by atoms with Crippen LogP contribution in [-0.4, -0.2) is 62.7 Å². The summed E-state index contributed by atoms with van der Waals surface area (Å²) in [7, 11) is 0. The van der Waals surface area contributed by atoms with Gasteiger partial charge in [0.15, 0.2) is 0 Å².